The van der Waals surface area contributed by atoms with Crippen LogP contribution >= 0.6 is 0 Å². The summed E-state index contributed by atoms with van der Waals surface area (Å²) >= 11 is 0. The van der Waals surface area contributed by atoms with Gasteiger partial charge in [0.2, 0.25) is 0 Å². The third-order valence-electron chi connectivity index (χ3n) is 4.33. The summed E-state index contributed by atoms with van der Waals surface area (Å²) in [6, 6.07) is 15.6. The molecule has 0 radical (unpaired) electrons. The molecule has 2 aromatic rings. The van der Waals surface area contributed by atoms with Crippen LogP contribution in [0, 0.1) is 0 Å². The van der Waals surface area contributed by atoms with Gasteiger partial charge >= 0.3 is 6.09 Å². The van der Waals surface area contributed by atoms with Gasteiger partial charge in [-0.15, -0.1) is 0 Å². The van der Waals surface area contributed by atoms with Crippen LogP contribution in [-0.2, 0) is 17.6 Å². The number of benzene rings is 2. The van der Waals surface area contributed by atoms with Crippen LogP contribution in [0.4, 0.5) is 16.2 Å². The highest BCUT2D eigenvalue weighted by Gasteiger charge is 2.15. The first-order valence-electron chi connectivity index (χ1n) is 10.9. The topological polar surface area (TPSA) is 105 Å². The first-order valence-corrected chi connectivity index (χ1v) is 10.9. The Morgan fingerprint density at radius 2 is 1.29 bits per heavy atom. The molecule has 172 valence electrons. The Balaban J connectivity index is 0.000000343. The lowest BCUT2D eigenvalue weighted by Gasteiger charge is -2.19. The number of aliphatic hydroxyl groups excluding tert-OH is 2. The van der Waals surface area contributed by atoms with E-state index in [9.17, 15) is 4.79 Å². The minimum Gasteiger partial charge on any atom is -0.444 e. The largest absolute Gasteiger partial charge is 0.444 e. The SMILES string of the molecule is CC(C)(C)OC(=O)Nc1ccc(CCCCO)cc1.Nc1ccc(CCCCO)cc1. The standard InChI is InChI=1S/C15H23NO3.C10H15NO/c1-15(2,3)19-14(18)16-13-9-7-12(8-10-13)6-4-5-11-17;11-10-6-4-9(5-7-10)3-1-2-8-12/h7-10,17H,4-6,11H2,1-3H3,(H,16,18);4-7,12H,1-3,8,11H2. The quantitative estimate of drug-likeness (QED) is 0.333. The molecule has 0 spiro atoms. The van der Waals surface area contributed by atoms with E-state index in [1.54, 1.807) is 0 Å². The fourth-order valence-corrected chi connectivity index (χ4v) is 2.74. The number of amides is 1. The minimum atomic E-state index is -0.492. The lowest BCUT2D eigenvalue weighted by molar-refractivity contribution is 0.0636. The number of carbonyl (C=O) groups excluding carboxylic acids is 1. The molecule has 31 heavy (non-hydrogen) atoms. The summed E-state index contributed by atoms with van der Waals surface area (Å²) in [7, 11) is 0. The molecule has 0 aliphatic heterocycles. The van der Waals surface area contributed by atoms with Crippen molar-refractivity contribution in [3.8, 4) is 0 Å². The number of rotatable bonds is 9. The van der Waals surface area contributed by atoms with Crippen LogP contribution in [0.15, 0.2) is 48.5 Å². The molecular weight excluding hydrogens is 392 g/mol. The van der Waals surface area contributed by atoms with E-state index in [0.717, 1.165) is 49.9 Å². The molecule has 1 amide bonds. The van der Waals surface area contributed by atoms with Crippen LogP contribution in [0.2, 0.25) is 0 Å². The molecular formula is C25H38N2O4. The first-order chi connectivity index (χ1) is 14.7. The third-order valence-corrected chi connectivity index (χ3v) is 4.33. The second-order valence-corrected chi connectivity index (χ2v) is 8.43. The van der Waals surface area contributed by atoms with E-state index in [-0.39, 0.29) is 13.2 Å². The number of anilines is 2. The molecule has 0 aliphatic rings. The van der Waals surface area contributed by atoms with Gasteiger partial charge in [-0.25, -0.2) is 4.79 Å². The number of unbranched alkanes of at least 4 members (excludes halogenated alkanes) is 2. The fourth-order valence-electron chi connectivity index (χ4n) is 2.74. The molecule has 6 nitrogen and oxygen atoms in total. The molecule has 0 saturated carbocycles. The van der Waals surface area contributed by atoms with Crippen LogP contribution in [0.3, 0.4) is 0 Å². The molecule has 0 saturated heterocycles. The zero-order chi connectivity index (χ0) is 23.1. The summed E-state index contributed by atoms with van der Waals surface area (Å²) in [6.07, 6.45) is 5.23. The Morgan fingerprint density at radius 1 is 0.839 bits per heavy atom. The number of nitrogen functional groups attached to an aromatic ring is 1. The van der Waals surface area contributed by atoms with Crippen molar-refractivity contribution in [1.29, 1.82) is 0 Å². The maximum Gasteiger partial charge on any atom is 0.412 e. The molecule has 0 aliphatic carbocycles. The van der Waals surface area contributed by atoms with Crippen molar-refractivity contribution in [1.82, 2.24) is 0 Å². The lowest BCUT2D eigenvalue weighted by Crippen LogP contribution is -2.27. The molecule has 6 heteroatoms. The van der Waals surface area contributed by atoms with E-state index >= 15 is 0 Å². The van der Waals surface area contributed by atoms with Gasteiger partial charge < -0.3 is 20.7 Å². The van der Waals surface area contributed by atoms with Gasteiger partial charge in [0.05, 0.1) is 0 Å². The first kappa shape index (κ1) is 26.5. The molecule has 2 aromatic carbocycles. The second kappa shape index (κ2) is 14.4. The zero-order valence-corrected chi connectivity index (χ0v) is 19.1. The Hall–Kier alpha value is -2.57. The Kier molecular flexibility index (Phi) is 12.3. The number of nitrogens with one attached hydrogen (secondary N) is 1. The zero-order valence-electron chi connectivity index (χ0n) is 19.1. The van der Waals surface area contributed by atoms with Crippen molar-refractivity contribution in [2.45, 2.75) is 64.9 Å². The number of hydrogen-bond donors (Lipinski definition) is 4. The Bertz CT molecular complexity index is 738. The van der Waals surface area contributed by atoms with E-state index in [0.29, 0.717) is 0 Å². The minimum absolute atomic E-state index is 0.234. The van der Waals surface area contributed by atoms with Gasteiger partial charge in [-0.05, 0) is 94.7 Å². The molecule has 2 rings (SSSR count). The number of nitrogens with two attached hydrogens (primary N) is 1. The molecule has 5 N–H and O–H groups in total. The number of ether oxygens (including phenoxy) is 1. The van der Waals surface area contributed by atoms with Gasteiger partial charge in [-0.1, -0.05) is 24.3 Å². The van der Waals surface area contributed by atoms with E-state index in [1.807, 2.05) is 69.3 Å². The van der Waals surface area contributed by atoms with Crippen molar-refractivity contribution >= 4 is 17.5 Å². The number of aliphatic hydroxyl groups is 2. The van der Waals surface area contributed by atoms with Crippen LogP contribution in [0.1, 0.15) is 57.6 Å². The predicted molar refractivity (Wildman–Crippen MR) is 127 cm³/mol. The van der Waals surface area contributed by atoms with Gasteiger partial charge in [0.15, 0.2) is 0 Å². The lowest BCUT2D eigenvalue weighted by atomic mass is 10.1. The van der Waals surface area contributed by atoms with Crippen molar-refractivity contribution in [2.24, 2.45) is 0 Å². The maximum atomic E-state index is 11.6. The maximum absolute atomic E-state index is 11.6. The molecule has 0 fully saturated rings. The monoisotopic (exact) mass is 430 g/mol. The molecule has 0 unspecified atom stereocenters. The Morgan fingerprint density at radius 3 is 1.71 bits per heavy atom. The van der Waals surface area contributed by atoms with Crippen molar-refractivity contribution in [2.75, 3.05) is 24.3 Å². The van der Waals surface area contributed by atoms with E-state index < -0.39 is 11.7 Å². The van der Waals surface area contributed by atoms with Gasteiger partial charge in [-0.3, -0.25) is 5.32 Å². The fraction of sp³-hybridized carbons (Fsp3) is 0.480. The molecule has 0 bridgehead atoms. The smallest absolute Gasteiger partial charge is 0.412 e. The van der Waals surface area contributed by atoms with Crippen molar-refractivity contribution in [3.05, 3.63) is 59.7 Å². The van der Waals surface area contributed by atoms with Crippen LogP contribution in [0.5, 0.6) is 0 Å². The van der Waals surface area contributed by atoms with E-state index in [2.05, 4.69) is 5.32 Å². The number of hydrogen-bond acceptors (Lipinski definition) is 5. The summed E-state index contributed by atoms with van der Waals surface area (Å²) in [6.45, 7) is 6.01. The summed E-state index contributed by atoms with van der Waals surface area (Å²) < 4.78 is 5.17. The summed E-state index contributed by atoms with van der Waals surface area (Å²) in [5.41, 5.74) is 9.07. The van der Waals surface area contributed by atoms with Crippen LogP contribution in [0.25, 0.3) is 0 Å². The van der Waals surface area contributed by atoms with E-state index in [4.69, 9.17) is 20.7 Å². The van der Waals surface area contributed by atoms with Gasteiger partial charge in [-0.2, -0.15) is 0 Å². The van der Waals surface area contributed by atoms with Gasteiger partial charge in [0, 0.05) is 24.6 Å². The normalized spacial score (nSPS) is 10.7. The van der Waals surface area contributed by atoms with E-state index in [1.165, 1.54) is 11.1 Å². The molecule has 0 aromatic heterocycles. The van der Waals surface area contributed by atoms with Gasteiger partial charge in [0.25, 0.3) is 0 Å². The molecule has 0 heterocycles. The van der Waals surface area contributed by atoms with Gasteiger partial charge in [0.1, 0.15) is 5.60 Å². The third kappa shape index (κ3) is 13.4. The molecule has 0 atom stereocenters. The summed E-state index contributed by atoms with van der Waals surface area (Å²) in [5, 5.41) is 20.0. The predicted octanol–water partition coefficient (Wildman–Crippen LogP) is 4.93. The highest BCUT2D eigenvalue weighted by molar-refractivity contribution is 5.84. The number of aryl methyl sites for hydroxylation is 2. The average Bonchev–Trinajstić information content (AvgIpc) is 2.70. The average molecular weight is 431 g/mol. The number of carbonyl (C=O) groups is 1. The Labute approximate surface area is 186 Å². The van der Waals surface area contributed by atoms with Crippen LogP contribution < -0.4 is 11.1 Å². The van der Waals surface area contributed by atoms with Crippen molar-refractivity contribution in [3.63, 3.8) is 0 Å². The summed E-state index contributed by atoms with van der Waals surface area (Å²) in [4.78, 5) is 11.6. The highest BCUT2D eigenvalue weighted by Crippen LogP contribution is 2.14. The second-order valence-electron chi connectivity index (χ2n) is 8.43. The highest BCUT2D eigenvalue weighted by atomic mass is 16.6. The van der Waals surface area contributed by atoms with Crippen molar-refractivity contribution < 1.29 is 19.7 Å². The van der Waals surface area contributed by atoms with Crippen LogP contribution in [-0.4, -0.2) is 35.1 Å². The summed E-state index contributed by atoms with van der Waals surface area (Å²) in [5.74, 6) is 0.